The van der Waals surface area contributed by atoms with E-state index in [1.54, 1.807) is 30.5 Å². The van der Waals surface area contributed by atoms with Gasteiger partial charge in [0.1, 0.15) is 6.04 Å². The van der Waals surface area contributed by atoms with Gasteiger partial charge in [-0.05, 0) is 68.1 Å². The number of ether oxygens (including phenoxy) is 1. The van der Waals surface area contributed by atoms with Crippen LogP contribution in [0.25, 0.3) is 0 Å². The van der Waals surface area contributed by atoms with Crippen LogP contribution >= 0.6 is 0 Å². The van der Waals surface area contributed by atoms with Gasteiger partial charge in [-0.1, -0.05) is 12.8 Å². The lowest BCUT2D eigenvalue weighted by Crippen LogP contribution is -2.43. The van der Waals surface area contributed by atoms with Gasteiger partial charge in [-0.15, -0.1) is 0 Å². The number of nitrogens with one attached hydrogen (secondary N) is 3. The van der Waals surface area contributed by atoms with Gasteiger partial charge in [0.15, 0.2) is 0 Å². The molecule has 1 saturated carbocycles. The normalized spacial score (nSPS) is 13.6. The smallest absolute Gasteiger partial charge is 0.251 e. The molecule has 8 heteroatoms. The zero-order valence-electron chi connectivity index (χ0n) is 19.4. The maximum atomic E-state index is 13.0. The SMILES string of the molecule is COc1ccc(NC(=O)C(CCC2CC2)NC(=O)c2ccc(Nc3ccnc(C)c3)cc2)cn1. The number of benzene rings is 1. The van der Waals surface area contributed by atoms with Gasteiger partial charge in [-0.25, -0.2) is 4.98 Å². The van der Waals surface area contributed by atoms with E-state index in [1.807, 2.05) is 31.2 Å². The minimum Gasteiger partial charge on any atom is -0.481 e. The molecule has 1 aliphatic rings. The number of pyridine rings is 2. The molecular weight excluding hydrogens is 430 g/mol. The van der Waals surface area contributed by atoms with E-state index in [2.05, 4.69) is 25.9 Å². The second-order valence-electron chi connectivity index (χ2n) is 8.51. The minimum absolute atomic E-state index is 0.257. The van der Waals surface area contributed by atoms with Crippen LogP contribution in [-0.2, 0) is 4.79 Å². The lowest BCUT2D eigenvalue weighted by Gasteiger charge is -2.19. The molecule has 34 heavy (non-hydrogen) atoms. The summed E-state index contributed by atoms with van der Waals surface area (Å²) in [5.41, 5.74) is 3.75. The van der Waals surface area contributed by atoms with Crippen LogP contribution in [-0.4, -0.2) is 34.9 Å². The molecule has 0 aliphatic heterocycles. The highest BCUT2D eigenvalue weighted by Crippen LogP contribution is 2.34. The lowest BCUT2D eigenvalue weighted by molar-refractivity contribution is -0.118. The van der Waals surface area contributed by atoms with Gasteiger partial charge in [0, 0.05) is 34.9 Å². The molecule has 0 saturated heterocycles. The van der Waals surface area contributed by atoms with E-state index in [1.165, 1.54) is 26.1 Å². The number of methoxy groups -OCH3 is 1. The van der Waals surface area contributed by atoms with Crippen molar-refractivity contribution in [3.8, 4) is 5.88 Å². The van der Waals surface area contributed by atoms with Gasteiger partial charge in [0.05, 0.1) is 19.0 Å². The molecule has 1 unspecified atom stereocenters. The zero-order chi connectivity index (χ0) is 23.9. The van der Waals surface area contributed by atoms with Crippen LogP contribution in [0.1, 0.15) is 41.7 Å². The van der Waals surface area contributed by atoms with Crippen LogP contribution in [0.15, 0.2) is 60.9 Å². The molecule has 0 bridgehead atoms. The number of amides is 2. The third-order valence-electron chi connectivity index (χ3n) is 5.73. The van der Waals surface area contributed by atoms with E-state index < -0.39 is 6.04 Å². The van der Waals surface area contributed by atoms with Crippen molar-refractivity contribution in [3.63, 3.8) is 0 Å². The fourth-order valence-corrected chi connectivity index (χ4v) is 3.62. The average molecular weight is 460 g/mol. The molecule has 8 nitrogen and oxygen atoms in total. The summed E-state index contributed by atoms with van der Waals surface area (Å²) in [5.74, 6) is 0.577. The maximum Gasteiger partial charge on any atom is 0.251 e. The number of aromatic nitrogens is 2. The molecule has 2 amide bonds. The van der Waals surface area contributed by atoms with Crippen LogP contribution in [0.3, 0.4) is 0 Å². The van der Waals surface area contributed by atoms with E-state index in [9.17, 15) is 9.59 Å². The number of aryl methyl sites for hydroxylation is 1. The van der Waals surface area contributed by atoms with Gasteiger partial charge in [0.25, 0.3) is 5.91 Å². The maximum absolute atomic E-state index is 13.0. The predicted octanol–water partition coefficient (Wildman–Crippen LogP) is 4.46. The lowest BCUT2D eigenvalue weighted by atomic mass is 10.1. The standard InChI is InChI=1S/C26H29N5O3/c1-17-15-21(13-14-27-17)29-20-8-6-19(7-9-20)25(32)31-23(11-5-18-3-4-18)26(33)30-22-10-12-24(34-2)28-16-22/h6-10,12-16,18,23H,3-5,11H2,1-2H3,(H,27,29)(H,30,33)(H,31,32). The van der Waals surface area contributed by atoms with E-state index in [-0.39, 0.29) is 11.8 Å². The monoisotopic (exact) mass is 459 g/mol. The van der Waals surface area contributed by atoms with Gasteiger partial charge >= 0.3 is 0 Å². The Bertz CT molecular complexity index is 1130. The summed E-state index contributed by atoms with van der Waals surface area (Å²) in [6, 6.07) is 13.8. The van der Waals surface area contributed by atoms with Crippen molar-refractivity contribution in [2.24, 2.45) is 5.92 Å². The Morgan fingerprint density at radius 1 is 1.03 bits per heavy atom. The molecule has 2 heterocycles. The molecule has 2 aromatic heterocycles. The summed E-state index contributed by atoms with van der Waals surface area (Å²) in [7, 11) is 1.53. The van der Waals surface area contributed by atoms with Gasteiger partial charge < -0.3 is 20.7 Å². The number of rotatable bonds is 10. The summed E-state index contributed by atoms with van der Waals surface area (Å²) >= 11 is 0. The molecule has 1 fully saturated rings. The molecular formula is C26H29N5O3. The van der Waals surface area contributed by atoms with Crippen molar-refractivity contribution in [2.45, 2.75) is 38.6 Å². The van der Waals surface area contributed by atoms with Crippen molar-refractivity contribution in [1.82, 2.24) is 15.3 Å². The molecule has 3 aromatic rings. The fraction of sp³-hybridized carbons (Fsp3) is 0.308. The molecule has 0 spiro atoms. The van der Waals surface area contributed by atoms with Crippen LogP contribution in [0.5, 0.6) is 5.88 Å². The zero-order valence-corrected chi connectivity index (χ0v) is 19.4. The highest BCUT2D eigenvalue weighted by atomic mass is 16.5. The Morgan fingerprint density at radius 2 is 1.79 bits per heavy atom. The third kappa shape index (κ3) is 6.54. The second kappa shape index (κ2) is 10.8. The van der Waals surface area contributed by atoms with Gasteiger partial charge in [0.2, 0.25) is 11.8 Å². The first kappa shape index (κ1) is 23.2. The van der Waals surface area contributed by atoms with Crippen molar-refractivity contribution in [1.29, 1.82) is 0 Å². The largest absolute Gasteiger partial charge is 0.481 e. The Morgan fingerprint density at radius 3 is 2.44 bits per heavy atom. The van der Waals surface area contributed by atoms with E-state index in [4.69, 9.17) is 4.74 Å². The number of hydrogen-bond donors (Lipinski definition) is 3. The van der Waals surface area contributed by atoms with Gasteiger partial charge in [-0.3, -0.25) is 14.6 Å². The molecule has 1 aromatic carbocycles. The summed E-state index contributed by atoms with van der Waals surface area (Å²) < 4.78 is 5.05. The number of anilines is 3. The van der Waals surface area contributed by atoms with Crippen LogP contribution in [0, 0.1) is 12.8 Å². The number of hydrogen-bond acceptors (Lipinski definition) is 6. The molecule has 0 radical (unpaired) electrons. The van der Waals surface area contributed by atoms with Crippen LogP contribution in [0.4, 0.5) is 17.1 Å². The highest BCUT2D eigenvalue weighted by Gasteiger charge is 2.27. The molecule has 1 atom stereocenters. The summed E-state index contributed by atoms with van der Waals surface area (Å²) in [6.45, 7) is 1.93. The van der Waals surface area contributed by atoms with Crippen molar-refractivity contribution in [3.05, 3.63) is 72.2 Å². The molecule has 176 valence electrons. The topological polar surface area (TPSA) is 105 Å². The van der Waals surface area contributed by atoms with E-state index in [0.717, 1.165) is 23.5 Å². The molecule has 1 aliphatic carbocycles. The molecule has 3 N–H and O–H groups in total. The quantitative estimate of drug-likeness (QED) is 0.413. The minimum atomic E-state index is -0.632. The Hall–Kier alpha value is -3.94. The van der Waals surface area contributed by atoms with E-state index >= 15 is 0 Å². The van der Waals surface area contributed by atoms with Crippen molar-refractivity contribution in [2.75, 3.05) is 17.7 Å². The first-order valence-electron chi connectivity index (χ1n) is 11.4. The summed E-state index contributed by atoms with van der Waals surface area (Å²) in [5, 5.41) is 9.05. The predicted molar refractivity (Wildman–Crippen MR) is 131 cm³/mol. The Labute approximate surface area is 199 Å². The van der Waals surface area contributed by atoms with E-state index in [0.29, 0.717) is 29.5 Å². The summed E-state index contributed by atoms with van der Waals surface area (Å²) in [6.07, 6.45) is 7.16. The summed E-state index contributed by atoms with van der Waals surface area (Å²) in [4.78, 5) is 34.2. The first-order chi connectivity index (χ1) is 16.5. The fourth-order valence-electron chi connectivity index (χ4n) is 3.62. The number of carbonyl (C=O) groups excluding carboxylic acids is 2. The number of nitrogens with zero attached hydrogens (tertiary/aromatic N) is 2. The van der Waals surface area contributed by atoms with Crippen LogP contribution in [0.2, 0.25) is 0 Å². The Kier molecular flexibility index (Phi) is 7.37. The number of carbonyl (C=O) groups is 2. The molecule has 4 rings (SSSR count). The van der Waals surface area contributed by atoms with Crippen LogP contribution < -0.4 is 20.7 Å². The first-order valence-corrected chi connectivity index (χ1v) is 11.4. The van der Waals surface area contributed by atoms with Crippen molar-refractivity contribution >= 4 is 28.9 Å². The average Bonchev–Trinajstić information content (AvgIpc) is 3.67. The third-order valence-corrected chi connectivity index (χ3v) is 5.73. The highest BCUT2D eigenvalue weighted by molar-refractivity contribution is 6.01. The van der Waals surface area contributed by atoms with Gasteiger partial charge in [-0.2, -0.15) is 0 Å². The van der Waals surface area contributed by atoms with Crippen molar-refractivity contribution < 1.29 is 14.3 Å². The Balaban J connectivity index is 1.39. The second-order valence-corrected chi connectivity index (χ2v) is 8.51.